The number of nitrogens with two attached hydrogens (primary N) is 1. The second-order valence-electron chi connectivity index (χ2n) is 3.58. The van der Waals surface area contributed by atoms with E-state index in [-0.39, 0.29) is 0 Å². The van der Waals surface area contributed by atoms with Gasteiger partial charge in [-0.05, 0) is 28.1 Å². The summed E-state index contributed by atoms with van der Waals surface area (Å²) in [5.41, 5.74) is 5.63. The van der Waals surface area contributed by atoms with Crippen LogP contribution in [0.25, 0.3) is 0 Å². The minimum absolute atomic E-state index is 0.307. The Balaban J connectivity index is 2.27. The van der Waals surface area contributed by atoms with Gasteiger partial charge in [0, 0.05) is 18.6 Å². The molecule has 0 amide bonds. The van der Waals surface area contributed by atoms with E-state index in [0.717, 1.165) is 0 Å². The Labute approximate surface area is 112 Å². The summed E-state index contributed by atoms with van der Waals surface area (Å²) in [5, 5.41) is 0. The molecule has 0 saturated heterocycles. The summed E-state index contributed by atoms with van der Waals surface area (Å²) in [6.07, 6.45) is 0.649. The highest BCUT2D eigenvalue weighted by atomic mass is 79.9. The molecule has 0 fully saturated rings. The van der Waals surface area contributed by atoms with Crippen LogP contribution in [0.3, 0.4) is 0 Å². The van der Waals surface area contributed by atoms with Crippen molar-refractivity contribution in [3.05, 3.63) is 40.4 Å². The molecular weight excluding hydrogens is 301 g/mol. The first kappa shape index (κ1) is 12.8. The monoisotopic (exact) mass is 311 g/mol. The summed E-state index contributed by atoms with van der Waals surface area (Å²) in [6, 6.07) is 5.97. The highest BCUT2D eigenvalue weighted by Gasteiger charge is 2.06. The normalized spacial score (nSPS) is 10.4. The van der Waals surface area contributed by atoms with Crippen molar-refractivity contribution < 1.29 is 9.13 Å². The summed E-state index contributed by atoms with van der Waals surface area (Å²) in [5.74, 6) is 1.18. The van der Waals surface area contributed by atoms with Gasteiger partial charge >= 0.3 is 0 Å². The maximum absolute atomic E-state index is 13.3. The van der Waals surface area contributed by atoms with E-state index in [1.165, 1.54) is 12.1 Å². The molecule has 0 aliphatic heterocycles. The Morgan fingerprint density at radius 3 is 2.78 bits per heavy atom. The maximum Gasteiger partial charge on any atom is 0.224 e. The van der Waals surface area contributed by atoms with Gasteiger partial charge in [0.1, 0.15) is 23.2 Å². The molecule has 4 nitrogen and oxygen atoms in total. The SMILES string of the molecule is CCc1nc(N)cc(Oc2ccc(Br)c(F)c2)n1. The summed E-state index contributed by atoms with van der Waals surface area (Å²) >= 11 is 3.07. The number of ether oxygens (including phenoxy) is 1. The van der Waals surface area contributed by atoms with Crippen LogP contribution >= 0.6 is 15.9 Å². The molecule has 6 heteroatoms. The largest absolute Gasteiger partial charge is 0.439 e. The third-order valence-electron chi connectivity index (χ3n) is 2.20. The van der Waals surface area contributed by atoms with Gasteiger partial charge in [0.2, 0.25) is 5.88 Å². The molecule has 0 bridgehead atoms. The fraction of sp³-hybridized carbons (Fsp3) is 0.167. The predicted octanol–water partition coefficient (Wildman–Crippen LogP) is 3.32. The molecule has 2 N–H and O–H groups in total. The highest BCUT2D eigenvalue weighted by Crippen LogP contribution is 2.25. The molecule has 0 radical (unpaired) electrons. The number of nitrogens with zero attached hydrogens (tertiary/aromatic N) is 2. The number of nitrogen functional groups attached to an aromatic ring is 1. The van der Waals surface area contributed by atoms with Crippen molar-refractivity contribution in [3.63, 3.8) is 0 Å². The molecule has 0 saturated carbocycles. The van der Waals surface area contributed by atoms with Crippen LogP contribution in [-0.4, -0.2) is 9.97 Å². The topological polar surface area (TPSA) is 61.0 Å². The fourth-order valence-corrected chi connectivity index (χ4v) is 1.61. The molecule has 0 atom stereocenters. The lowest BCUT2D eigenvalue weighted by Gasteiger charge is -2.07. The van der Waals surface area contributed by atoms with E-state index in [1.807, 2.05) is 6.92 Å². The van der Waals surface area contributed by atoms with Crippen molar-refractivity contribution in [3.8, 4) is 11.6 Å². The van der Waals surface area contributed by atoms with E-state index >= 15 is 0 Å². The molecule has 1 aromatic carbocycles. The Kier molecular flexibility index (Phi) is 3.76. The Morgan fingerprint density at radius 1 is 1.33 bits per heavy atom. The Morgan fingerprint density at radius 2 is 2.11 bits per heavy atom. The van der Waals surface area contributed by atoms with Gasteiger partial charge in [-0.25, -0.2) is 9.37 Å². The van der Waals surface area contributed by atoms with E-state index in [1.54, 1.807) is 12.1 Å². The zero-order valence-electron chi connectivity index (χ0n) is 9.65. The van der Waals surface area contributed by atoms with E-state index in [0.29, 0.717) is 34.2 Å². The summed E-state index contributed by atoms with van der Waals surface area (Å²) in [4.78, 5) is 8.18. The minimum Gasteiger partial charge on any atom is -0.439 e. The van der Waals surface area contributed by atoms with E-state index in [4.69, 9.17) is 10.5 Å². The van der Waals surface area contributed by atoms with Crippen LogP contribution in [0.4, 0.5) is 10.2 Å². The Bertz CT molecular complexity index is 577. The van der Waals surface area contributed by atoms with Crippen molar-refractivity contribution in [2.75, 3.05) is 5.73 Å². The zero-order chi connectivity index (χ0) is 13.1. The quantitative estimate of drug-likeness (QED) is 0.944. The molecular formula is C12H11BrFN3O. The van der Waals surface area contributed by atoms with E-state index in [2.05, 4.69) is 25.9 Å². The molecule has 0 aliphatic carbocycles. The molecule has 18 heavy (non-hydrogen) atoms. The van der Waals surface area contributed by atoms with Crippen LogP contribution in [0.15, 0.2) is 28.7 Å². The number of benzene rings is 1. The van der Waals surface area contributed by atoms with Crippen LogP contribution in [-0.2, 0) is 6.42 Å². The Hall–Kier alpha value is -1.69. The van der Waals surface area contributed by atoms with E-state index in [9.17, 15) is 4.39 Å². The molecule has 0 aliphatic rings. The lowest BCUT2D eigenvalue weighted by molar-refractivity contribution is 0.454. The van der Waals surface area contributed by atoms with Crippen LogP contribution < -0.4 is 10.5 Å². The molecule has 2 aromatic rings. The number of halogens is 2. The first-order chi connectivity index (χ1) is 8.58. The molecule has 0 unspecified atom stereocenters. The molecule has 2 rings (SSSR count). The number of anilines is 1. The first-order valence-corrected chi connectivity index (χ1v) is 6.14. The summed E-state index contributed by atoms with van der Waals surface area (Å²) < 4.78 is 19.1. The van der Waals surface area contributed by atoms with Gasteiger partial charge in [-0.1, -0.05) is 6.92 Å². The van der Waals surface area contributed by atoms with Crippen LogP contribution in [0.1, 0.15) is 12.7 Å². The predicted molar refractivity (Wildman–Crippen MR) is 70.0 cm³/mol. The number of aryl methyl sites for hydroxylation is 1. The van der Waals surface area contributed by atoms with Crippen molar-refractivity contribution in [1.29, 1.82) is 0 Å². The van der Waals surface area contributed by atoms with Gasteiger partial charge in [0.05, 0.1) is 4.47 Å². The summed E-state index contributed by atoms with van der Waals surface area (Å²) in [7, 11) is 0. The number of hydrogen-bond acceptors (Lipinski definition) is 4. The van der Waals surface area contributed by atoms with Crippen LogP contribution in [0.5, 0.6) is 11.6 Å². The van der Waals surface area contributed by atoms with Gasteiger partial charge in [-0.2, -0.15) is 4.98 Å². The second kappa shape index (κ2) is 5.30. The lowest BCUT2D eigenvalue weighted by Crippen LogP contribution is -2.00. The molecule has 1 aromatic heterocycles. The van der Waals surface area contributed by atoms with Crippen molar-refractivity contribution in [1.82, 2.24) is 9.97 Å². The van der Waals surface area contributed by atoms with Gasteiger partial charge in [0.25, 0.3) is 0 Å². The number of aromatic nitrogens is 2. The number of rotatable bonds is 3. The van der Waals surface area contributed by atoms with Crippen LogP contribution in [0, 0.1) is 5.82 Å². The average Bonchev–Trinajstić information content (AvgIpc) is 2.33. The van der Waals surface area contributed by atoms with Crippen molar-refractivity contribution in [2.45, 2.75) is 13.3 Å². The van der Waals surface area contributed by atoms with Crippen molar-refractivity contribution >= 4 is 21.7 Å². The van der Waals surface area contributed by atoms with Gasteiger partial charge < -0.3 is 10.5 Å². The highest BCUT2D eigenvalue weighted by molar-refractivity contribution is 9.10. The van der Waals surface area contributed by atoms with E-state index < -0.39 is 5.82 Å². The van der Waals surface area contributed by atoms with Gasteiger partial charge in [-0.15, -0.1) is 0 Å². The molecule has 1 heterocycles. The average molecular weight is 312 g/mol. The zero-order valence-corrected chi connectivity index (χ0v) is 11.2. The van der Waals surface area contributed by atoms with Gasteiger partial charge in [-0.3, -0.25) is 0 Å². The molecule has 94 valence electrons. The smallest absolute Gasteiger partial charge is 0.224 e. The van der Waals surface area contributed by atoms with Crippen molar-refractivity contribution in [2.24, 2.45) is 0 Å². The standard InChI is InChI=1S/C12H11BrFN3O/c1-2-11-16-10(15)6-12(17-11)18-7-3-4-8(13)9(14)5-7/h3-6H,2H2,1H3,(H2,15,16,17). The number of hydrogen-bond donors (Lipinski definition) is 1. The third-order valence-corrected chi connectivity index (χ3v) is 2.84. The lowest BCUT2D eigenvalue weighted by atomic mass is 10.3. The minimum atomic E-state index is -0.398. The second-order valence-corrected chi connectivity index (χ2v) is 4.43. The maximum atomic E-state index is 13.3. The first-order valence-electron chi connectivity index (χ1n) is 5.35. The third kappa shape index (κ3) is 2.95. The van der Waals surface area contributed by atoms with Gasteiger partial charge in [0.15, 0.2) is 0 Å². The molecule has 0 spiro atoms. The fourth-order valence-electron chi connectivity index (χ4n) is 1.36. The summed E-state index contributed by atoms with van der Waals surface area (Å²) in [6.45, 7) is 1.91. The van der Waals surface area contributed by atoms with Crippen LogP contribution in [0.2, 0.25) is 0 Å².